The molecular weight excluding hydrogens is 296 g/mol. The van der Waals surface area contributed by atoms with Crippen molar-refractivity contribution >= 4 is 23.4 Å². The molecule has 1 aliphatic heterocycles. The van der Waals surface area contributed by atoms with Crippen molar-refractivity contribution in [2.75, 3.05) is 6.61 Å². The fourth-order valence-electron chi connectivity index (χ4n) is 2.71. The highest BCUT2D eigenvalue weighted by molar-refractivity contribution is 6.45. The number of Topliss-reactive ketones (excluding diaryl/α,β-unsaturated/α-hetero) is 1. The lowest BCUT2D eigenvalue weighted by Gasteiger charge is -2.21. The van der Waals surface area contributed by atoms with Crippen LogP contribution in [-0.2, 0) is 9.53 Å². The van der Waals surface area contributed by atoms with Crippen LogP contribution in [0.3, 0.4) is 0 Å². The molecule has 0 atom stereocenters. The summed E-state index contributed by atoms with van der Waals surface area (Å²) in [4.78, 5) is 23.6. The number of halogens is 1. The Balaban J connectivity index is 1.89. The third kappa shape index (κ3) is 2.46. The van der Waals surface area contributed by atoms with Gasteiger partial charge < -0.3 is 14.2 Å². The molecule has 0 saturated heterocycles. The molecule has 0 N–H and O–H groups in total. The summed E-state index contributed by atoms with van der Waals surface area (Å²) in [5.74, 6) is -1.36. The van der Waals surface area contributed by atoms with Crippen molar-refractivity contribution in [1.82, 2.24) is 0 Å². The number of hydrogen-bond donors (Lipinski definition) is 0. The first-order valence-corrected chi connectivity index (χ1v) is 7.35. The van der Waals surface area contributed by atoms with E-state index >= 15 is 0 Å². The molecule has 2 aliphatic rings. The average molecular weight is 311 g/mol. The van der Waals surface area contributed by atoms with Gasteiger partial charge in [0.1, 0.15) is 0 Å². The van der Waals surface area contributed by atoms with Crippen LogP contribution >= 0.6 is 11.6 Å². The summed E-state index contributed by atoms with van der Waals surface area (Å²) in [7, 11) is 0. The second-order valence-electron chi connectivity index (χ2n) is 5.15. The Kier molecular flexibility index (Phi) is 3.53. The minimum Gasteiger partial charge on any atom is -0.460 e. The van der Waals surface area contributed by atoms with Crippen LogP contribution in [0.2, 0.25) is 5.02 Å². The first kappa shape index (κ1) is 14.2. The van der Waals surface area contributed by atoms with E-state index in [1.165, 1.54) is 12.1 Å². The van der Waals surface area contributed by atoms with E-state index in [9.17, 15) is 9.59 Å². The maximum absolute atomic E-state index is 12.0. The zero-order valence-electron chi connectivity index (χ0n) is 11.6. The Morgan fingerprint density at radius 1 is 1.24 bits per heavy atom. The fourth-order valence-corrected chi connectivity index (χ4v) is 2.95. The van der Waals surface area contributed by atoms with Crippen molar-refractivity contribution in [2.24, 2.45) is 0 Å². The summed E-state index contributed by atoms with van der Waals surface area (Å²) in [6.07, 6.45) is 3.69. The van der Waals surface area contributed by atoms with Crippen molar-refractivity contribution in [3.8, 4) is 11.5 Å². The van der Waals surface area contributed by atoms with Gasteiger partial charge in [0.2, 0.25) is 0 Å². The fraction of sp³-hybridized carbons (Fsp3) is 0.467. The highest BCUT2D eigenvalue weighted by Gasteiger charge is 2.44. The highest BCUT2D eigenvalue weighted by Crippen LogP contribution is 2.48. The van der Waals surface area contributed by atoms with Crippen LogP contribution in [0.1, 0.15) is 43.0 Å². The molecule has 3 rings (SSSR count). The number of fused-ring (bicyclic) bond motifs is 1. The zero-order chi connectivity index (χ0) is 15.0. The molecular formula is C15H15ClO5. The van der Waals surface area contributed by atoms with Gasteiger partial charge in [-0.2, -0.15) is 0 Å². The number of carbonyl (C=O) groups excluding carboxylic acids is 2. The number of ether oxygens (including phenoxy) is 3. The number of esters is 1. The summed E-state index contributed by atoms with van der Waals surface area (Å²) in [5.41, 5.74) is 0.0764. The number of hydrogen-bond acceptors (Lipinski definition) is 5. The van der Waals surface area contributed by atoms with Crippen LogP contribution < -0.4 is 9.47 Å². The lowest BCUT2D eigenvalue weighted by molar-refractivity contribution is -0.137. The molecule has 21 heavy (non-hydrogen) atoms. The zero-order valence-corrected chi connectivity index (χ0v) is 12.4. The second kappa shape index (κ2) is 5.22. The van der Waals surface area contributed by atoms with E-state index in [-0.39, 0.29) is 17.2 Å². The number of rotatable bonds is 3. The van der Waals surface area contributed by atoms with Crippen LogP contribution in [0, 0.1) is 0 Å². The number of carbonyl (C=O) groups is 2. The topological polar surface area (TPSA) is 61.8 Å². The van der Waals surface area contributed by atoms with Crippen molar-refractivity contribution < 1.29 is 23.8 Å². The summed E-state index contributed by atoms with van der Waals surface area (Å²) >= 11 is 6.08. The SMILES string of the molecule is CCOC(=O)C(=O)c1cc2c(cc1Cl)OC1(CCCC1)O2. The highest BCUT2D eigenvalue weighted by atomic mass is 35.5. The molecule has 112 valence electrons. The van der Waals surface area contributed by atoms with E-state index in [1.807, 2.05) is 0 Å². The second-order valence-corrected chi connectivity index (χ2v) is 5.56. The minimum absolute atomic E-state index is 0.0764. The van der Waals surface area contributed by atoms with Gasteiger partial charge in [0.25, 0.3) is 11.6 Å². The van der Waals surface area contributed by atoms with E-state index in [1.54, 1.807) is 6.92 Å². The molecule has 1 aliphatic carbocycles. The monoisotopic (exact) mass is 310 g/mol. The van der Waals surface area contributed by atoms with E-state index in [0.717, 1.165) is 25.7 Å². The first-order valence-electron chi connectivity index (χ1n) is 6.98. The largest absolute Gasteiger partial charge is 0.460 e. The van der Waals surface area contributed by atoms with Gasteiger partial charge in [-0.3, -0.25) is 4.79 Å². The van der Waals surface area contributed by atoms with Gasteiger partial charge in [-0.05, 0) is 25.8 Å². The number of ketones is 1. The molecule has 0 unspecified atom stereocenters. The molecule has 5 nitrogen and oxygen atoms in total. The maximum Gasteiger partial charge on any atom is 0.379 e. The Labute approximate surface area is 127 Å². The molecule has 0 radical (unpaired) electrons. The maximum atomic E-state index is 12.0. The minimum atomic E-state index is -0.922. The predicted octanol–water partition coefficient (Wildman–Crippen LogP) is 3.13. The van der Waals surface area contributed by atoms with Gasteiger partial charge >= 0.3 is 5.97 Å². The van der Waals surface area contributed by atoms with Gasteiger partial charge in [0.15, 0.2) is 11.5 Å². The van der Waals surface area contributed by atoms with Gasteiger partial charge in [-0.1, -0.05) is 11.6 Å². The van der Waals surface area contributed by atoms with Crippen molar-refractivity contribution in [3.63, 3.8) is 0 Å². The Bertz CT molecular complexity index is 604. The molecule has 1 spiro atoms. The molecule has 1 fully saturated rings. The molecule has 1 aromatic carbocycles. The quantitative estimate of drug-likeness (QED) is 0.487. The molecule has 1 saturated carbocycles. The van der Waals surface area contributed by atoms with E-state index in [2.05, 4.69) is 0 Å². The van der Waals surface area contributed by atoms with Crippen LogP contribution in [0.15, 0.2) is 12.1 Å². The van der Waals surface area contributed by atoms with Crippen LogP contribution in [0.4, 0.5) is 0 Å². The molecule has 1 heterocycles. The van der Waals surface area contributed by atoms with Crippen molar-refractivity contribution in [1.29, 1.82) is 0 Å². The van der Waals surface area contributed by atoms with E-state index in [0.29, 0.717) is 11.5 Å². The van der Waals surface area contributed by atoms with Gasteiger partial charge in [-0.25, -0.2) is 4.79 Å². The number of benzene rings is 1. The first-order chi connectivity index (χ1) is 10.0. The van der Waals surface area contributed by atoms with Gasteiger partial charge in [0.05, 0.1) is 17.2 Å². The van der Waals surface area contributed by atoms with E-state index < -0.39 is 17.5 Å². The molecule has 0 aromatic heterocycles. The van der Waals surface area contributed by atoms with Crippen LogP contribution in [-0.4, -0.2) is 24.1 Å². The van der Waals surface area contributed by atoms with Gasteiger partial charge in [-0.15, -0.1) is 0 Å². The lowest BCUT2D eigenvalue weighted by Crippen LogP contribution is -2.34. The third-order valence-corrected chi connectivity index (χ3v) is 4.01. The van der Waals surface area contributed by atoms with E-state index in [4.69, 9.17) is 25.8 Å². The smallest absolute Gasteiger partial charge is 0.379 e. The summed E-state index contributed by atoms with van der Waals surface area (Å²) in [5, 5.41) is 0.158. The van der Waals surface area contributed by atoms with Crippen LogP contribution in [0.25, 0.3) is 0 Å². The third-order valence-electron chi connectivity index (χ3n) is 3.70. The van der Waals surface area contributed by atoms with Gasteiger partial charge in [0, 0.05) is 18.9 Å². The Hall–Kier alpha value is -1.75. The molecule has 1 aromatic rings. The molecule has 6 heteroatoms. The average Bonchev–Trinajstić information content (AvgIpc) is 3.03. The summed E-state index contributed by atoms with van der Waals surface area (Å²) < 4.78 is 16.4. The Morgan fingerprint density at radius 2 is 1.86 bits per heavy atom. The molecule has 0 amide bonds. The molecule has 0 bridgehead atoms. The normalized spacial score (nSPS) is 18.0. The summed E-state index contributed by atoms with van der Waals surface area (Å²) in [6, 6.07) is 2.99. The standard InChI is InChI=1S/C15H15ClO5/c1-2-19-14(18)13(17)9-7-11-12(8-10(9)16)21-15(20-11)5-3-4-6-15/h7-8H,2-6H2,1H3. The van der Waals surface area contributed by atoms with Crippen molar-refractivity contribution in [2.45, 2.75) is 38.4 Å². The van der Waals surface area contributed by atoms with Crippen LogP contribution in [0.5, 0.6) is 11.5 Å². The Morgan fingerprint density at radius 3 is 2.48 bits per heavy atom. The lowest BCUT2D eigenvalue weighted by atomic mass is 10.1. The predicted molar refractivity (Wildman–Crippen MR) is 74.9 cm³/mol. The van der Waals surface area contributed by atoms with Crippen molar-refractivity contribution in [3.05, 3.63) is 22.7 Å². The summed E-state index contributed by atoms with van der Waals surface area (Å²) in [6.45, 7) is 1.77.